The lowest BCUT2D eigenvalue weighted by Crippen LogP contribution is -2.52. The van der Waals surface area contributed by atoms with Gasteiger partial charge >= 0.3 is 12.2 Å². The number of rotatable bonds is 0. The van der Waals surface area contributed by atoms with Crippen molar-refractivity contribution in [3.63, 3.8) is 0 Å². The number of alkyl halides is 4. The van der Waals surface area contributed by atoms with E-state index in [1.807, 2.05) is 22.6 Å². The summed E-state index contributed by atoms with van der Waals surface area (Å²) in [5.41, 5.74) is 0. The number of hydrogen-bond acceptors (Lipinski definition) is 2. The normalized spacial score (nSPS) is 21.1. The summed E-state index contributed by atoms with van der Waals surface area (Å²) >= 11 is 1.84. The standard InChI is InChI=1S/C8H3F4IO2/c9-7(10)8(11,12)15-6-3-4(13)1-2-5(6)14-7/h1-3H. The number of hydrogen-bond donors (Lipinski definition) is 0. The first kappa shape index (κ1) is 10.8. The molecule has 0 bridgehead atoms. The largest absolute Gasteiger partial charge is 0.507 e. The molecule has 1 aliphatic heterocycles. The van der Waals surface area contributed by atoms with Crippen molar-refractivity contribution in [2.45, 2.75) is 12.2 Å². The molecule has 0 saturated carbocycles. The summed E-state index contributed by atoms with van der Waals surface area (Å²) in [5, 5.41) is 0. The van der Waals surface area contributed by atoms with Gasteiger partial charge in [0.2, 0.25) is 0 Å². The Hall–Kier alpha value is -0.730. The average Bonchev–Trinajstić information content (AvgIpc) is 2.07. The highest BCUT2D eigenvalue weighted by molar-refractivity contribution is 14.1. The number of benzene rings is 1. The second kappa shape index (κ2) is 3.13. The molecule has 0 aliphatic carbocycles. The van der Waals surface area contributed by atoms with Crippen LogP contribution in [0, 0.1) is 3.57 Å². The lowest BCUT2D eigenvalue weighted by molar-refractivity contribution is -0.391. The van der Waals surface area contributed by atoms with Gasteiger partial charge in [-0.05, 0) is 40.8 Å². The summed E-state index contributed by atoms with van der Waals surface area (Å²) in [6, 6.07) is 3.79. The van der Waals surface area contributed by atoms with Crippen LogP contribution in [-0.4, -0.2) is 12.2 Å². The Balaban J connectivity index is 2.47. The summed E-state index contributed by atoms with van der Waals surface area (Å²) in [4.78, 5) is 0. The molecule has 0 N–H and O–H groups in total. The SMILES string of the molecule is FC1(F)Oc2ccc(I)cc2OC1(F)F. The van der Waals surface area contributed by atoms with Crippen LogP contribution in [0.3, 0.4) is 0 Å². The van der Waals surface area contributed by atoms with E-state index < -0.39 is 23.7 Å². The topological polar surface area (TPSA) is 18.5 Å². The summed E-state index contributed by atoms with van der Waals surface area (Å²) < 4.78 is 59.1. The second-order valence-electron chi connectivity index (χ2n) is 2.83. The molecule has 15 heavy (non-hydrogen) atoms. The fourth-order valence-electron chi connectivity index (χ4n) is 1.04. The van der Waals surface area contributed by atoms with E-state index in [1.165, 1.54) is 12.1 Å². The van der Waals surface area contributed by atoms with Gasteiger partial charge in [-0.25, -0.2) is 0 Å². The summed E-state index contributed by atoms with van der Waals surface area (Å²) in [5.74, 6) is -0.788. The molecule has 1 aromatic rings. The Kier molecular flexibility index (Phi) is 2.25. The van der Waals surface area contributed by atoms with E-state index in [0.717, 1.165) is 6.07 Å². The minimum Gasteiger partial charge on any atom is -0.421 e. The maximum atomic E-state index is 12.7. The smallest absolute Gasteiger partial charge is 0.421 e. The monoisotopic (exact) mass is 334 g/mol. The van der Waals surface area contributed by atoms with E-state index in [0.29, 0.717) is 3.57 Å². The molecule has 1 heterocycles. The van der Waals surface area contributed by atoms with Crippen LogP contribution in [-0.2, 0) is 0 Å². The van der Waals surface area contributed by atoms with E-state index >= 15 is 0 Å². The van der Waals surface area contributed by atoms with E-state index in [1.54, 1.807) is 0 Å². The van der Waals surface area contributed by atoms with Crippen molar-refractivity contribution < 1.29 is 27.0 Å². The van der Waals surface area contributed by atoms with E-state index in [2.05, 4.69) is 9.47 Å². The zero-order valence-electron chi connectivity index (χ0n) is 6.94. The first-order chi connectivity index (χ1) is 6.82. The Morgan fingerprint density at radius 2 is 1.47 bits per heavy atom. The van der Waals surface area contributed by atoms with Gasteiger partial charge in [-0.3, -0.25) is 0 Å². The van der Waals surface area contributed by atoms with Crippen LogP contribution in [0.25, 0.3) is 0 Å². The molecule has 2 rings (SSSR count). The van der Waals surface area contributed by atoms with Crippen molar-refractivity contribution in [3.05, 3.63) is 21.8 Å². The molecule has 0 amide bonds. The Morgan fingerprint density at radius 1 is 0.933 bits per heavy atom. The van der Waals surface area contributed by atoms with Gasteiger partial charge < -0.3 is 9.47 Å². The van der Waals surface area contributed by atoms with Crippen molar-refractivity contribution in [1.82, 2.24) is 0 Å². The molecule has 7 heteroatoms. The molecule has 82 valence electrons. The van der Waals surface area contributed by atoms with Crippen LogP contribution < -0.4 is 9.47 Å². The van der Waals surface area contributed by atoms with Crippen LogP contribution in [0.2, 0.25) is 0 Å². The van der Waals surface area contributed by atoms with Crippen LogP contribution >= 0.6 is 22.6 Å². The van der Waals surface area contributed by atoms with Gasteiger partial charge in [-0.2, -0.15) is 17.6 Å². The molecule has 1 aromatic carbocycles. The van der Waals surface area contributed by atoms with Crippen LogP contribution in [0.15, 0.2) is 18.2 Å². The van der Waals surface area contributed by atoms with Crippen molar-refractivity contribution >= 4 is 22.6 Å². The lowest BCUT2D eigenvalue weighted by atomic mass is 10.3. The quantitative estimate of drug-likeness (QED) is 0.536. The summed E-state index contributed by atoms with van der Waals surface area (Å²) in [6.07, 6.45) is -9.29. The molecule has 2 nitrogen and oxygen atoms in total. The second-order valence-corrected chi connectivity index (χ2v) is 4.07. The number of halogens is 5. The molecule has 0 radical (unpaired) electrons. The molecule has 1 aliphatic rings. The highest BCUT2D eigenvalue weighted by Crippen LogP contribution is 2.46. The minimum absolute atomic E-state index is 0.391. The maximum absolute atomic E-state index is 12.7. The van der Waals surface area contributed by atoms with E-state index in [-0.39, 0.29) is 0 Å². The van der Waals surface area contributed by atoms with Crippen molar-refractivity contribution in [1.29, 1.82) is 0 Å². The van der Waals surface area contributed by atoms with Gasteiger partial charge in [0.25, 0.3) is 0 Å². The van der Waals surface area contributed by atoms with Gasteiger partial charge in [0.15, 0.2) is 11.5 Å². The average molecular weight is 334 g/mol. The van der Waals surface area contributed by atoms with E-state index in [9.17, 15) is 17.6 Å². The van der Waals surface area contributed by atoms with Crippen molar-refractivity contribution in [2.75, 3.05) is 0 Å². The van der Waals surface area contributed by atoms with Crippen LogP contribution in [0.5, 0.6) is 11.5 Å². The van der Waals surface area contributed by atoms with Crippen molar-refractivity contribution in [3.8, 4) is 11.5 Å². The molecular weight excluding hydrogens is 331 g/mol. The Morgan fingerprint density at radius 3 is 2.07 bits per heavy atom. The summed E-state index contributed by atoms with van der Waals surface area (Å²) in [7, 11) is 0. The molecular formula is C8H3F4IO2. The number of ether oxygens (including phenoxy) is 2. The highest BCUT2D eigenvalue weighted by atomic mass is 127. The lowest BCUT2D eigenvalue weighted by Gasteiger charge is -2.31. The minimum atomic E-state index is -4.65. The molecule has 0 saturated heterocycles. The van der Waals surface area contributed by atoms with Gasteiger partial charge in [-0.15, -0.1) is 0 Å². The Bertz CT molecular complexity index is 408. The molecule has 0 fully saturated rings. The summed E-state index contributed by atoms with van der Waals surface area (Å²) in [6.45, 7) is 0. The third kappa shape index (κ3) is 1.72. The zero-order chi connectivity index (χ0) is 11.3. The predicted molar refractivity (Wildman–Crippen MR) is 50.3 cm³/mol. The number of fused-ring (bicyclic) bond motifs is 1. The molecule has 0 aromatic heterocycles. The third-order valence-electron chi connectivity index (χ3n) is 1.72. The van der Waals surface area contributed by atoms with Gasteiger partial charge in [0.1, 0.15) is 0 Å². The molecule has 0 unspecified atom stereocenters. The van der Waals surface area contributed by atoms with Crippen LogP contribution in [0.4, 0.5) is 17.6 Å². The fourth-order valence-corrected chi connectivity index (χ4v) is 1.50. The first-order valence-electron chi connectivity index (χ1n) is 3.75. The zero-order valence-corrected chi connectivity index (χ0v) is 9.10. The molecule has 0 spiro atoms. The van der Waals surface area contributed by atoms with Gasteiger partial charge in [0.05, 0.1) is 0 Å². The highest BCUT2D eigenvalue weighted by Gasteiger charge is 2.65. The van der Waals surface area contributed by atoms with Gasteiger partial charge in [0, 0.05) is 3.57 Å². The maximum Gasteiger partial charge on any atom is 0.507 e. The molecule has 0 atom stereocenters. The van der Waals surface area contributed by atoms with E-state index in [4.69, 9.17) is 0 Å². The predicted octanol–water partition coefficient (Wildman–Crippen LogP) is 3.25. The third-order valence-corrected chi connectivity index (χ3v) is 2.39. The van der Waals surface area contributed by atoms with Crippen molar-refractivity contribution in [2.24, 2.45) is 0 Å². The Labute approximate surface area is 95.3 Å². The van der Waals surface area contributed by atoms with Crippen LogP contribution in [0.1, 0.15) is 0 Å². The first-order valence-corrected chi connectivity index (χ1v) is 4.83. The van der Waals surface area contributed by atoms with Gasteiger partial charge in [-0.1, -0.05) is 0 Å². The fraction of sp³-hybridized carbons (Fsp3) is 0.250.